The SMILES string of the molecule is O=C(NCc1ccco1)c1ccccc1NC(=O)C1CCCN(Cc2cccc(Br)c2)C1. The van der Waals surface area contributed by atoms with Gasteiger partial charge in [0.1, 0.15) is 5.76 Å². The van der Waals surface area contributed by atoms with E-state index in [1.165, 1.54) is 5.56 Å². The predicted molar refractivity (Wildman–Crippen MR) is 127 cm³/mol. The van der Waals surface area contributed by atoms with E-state index in [9.17, 15) is 9.59 Å². The Labute approximate surface area is 196 Å². The standard InChI is InChI=1S/C25H26BrN3O3/c26-20-8-3-6-18(14-20)16-29-12-4-7-19(17-29)24(30)28-23-11-2-1-10-22(23)25(31)27-15-21-9-5-13-32-21/h1-3,5-6,8-11,13-14,19H,4,7,12,15-17H2,(H,27,31)(H,28,30). The van der Waals surface area contributed by atoms with E-state index in [-0.39, 0.29) is 17.7 Å². The normalized spacial score (nSPS) is 16.5. The first-order chi connectivity index (χ1) is 15.6. The lowest BCUT2D eigenvalue weighted by molar-refractivity contribution is -0.121. The number of halogens is 1. The number of nitrogens with zero attached hydrogens (tertiary/aromatic N) is 1. The van der Waals surface area contributed by atoms with Crippen LogP contribution < -0.4 is 10.6 Å². The molecule has 1 fully saturated rings. The molecule has 2 N–H and O–H groups in total. The number of hydrogen-bond acceptors (Lipinski definition) is 4. The van der Waals surface area contributed by atoms with Crippen LogP contribution >= 0.6 is 15.9 Å². The molecule has 32 heavy (non-hydrogen) atoms. The van der Waals surface area contributed by atoms with Gasteiger partial charge in [0.15, 0.2) is 0 Å². The van der Waals surface area contributed by atoms with Gasteiger partial charge in [-0.15, -0.1) is 0 Å². The molecular formula is C25H26BrN3O3. The highest BCUT2D eigenvalue weighted by Gasteiger charge is 2.26. The lowest BCUT2D eigenvalue weighted by Crippen LogP contribution is -2.40. The number of para-hydroxylation sites is 1. The highest BCUT2D eigenvalue weighted by Crippen LogP contribution is 2.23. The van der Waals surface area contributed by atoms with E-state index in [1.807, 2.05) is 18.2 Å². The van der Waals surface area contributed by atoms with Crippen molar-refractivity contribution in [3.63, 3.8) is 0 Å². The van der Waals surface area contributed by atoms with Crippen LogP contribution in [0.3, 0.4) is 0 Å². The van der Waals surface area contributed by atoms with Crippen molar-refractivity contribution in [1.29, 1.82) is 0 Å². The molecule has 2 aromatic carbocycles. The van der Waals surface area contributed by atoms with E-state index in [0.717, 1.165) is 30.4 Å². The monoisotopic (exact) mass is 495 g/mol. The minimum atomic E-state index is -0.253. The number of carbonyl (C=O) groups is 2. The van der Waals surface area contributed by atoms with E-state index < -0.39 is 0 Å². The molecule has 0 radical (unpaired) electrons. The molecular weight excluding hydrogens is 470 g/mol. The summed E-state index contributed by atoms with van der Waals surface area (Å²) in [5, 5.41) is 5.83. The van der Waals surface area contributed by atoms with Crippen molar-refractivity contribution in [3.05, 3.63) is 88.3 Å². The molecule has 166 valence electrons. The maximum atomic E-state index is 13.0. The summed E-state index contributed by atoms with van der Waals surface area (Å²) in [5.41, 5.74) is 2.19. The number of carbonyl (C=O) groups excluding carboxylic acids is 2. The number of likely N-dealkylation sites (tertiary alicyclic amines) is 1. The zero-order chi connectivity index (χ0) is 22.3. The Morgan fingerprint density at radius 2 is 1.97 bits per heavy atom. The fourth-order valence-corrected chi connectivity index (χ4v) is 4.45. The predicted octanol–water partition coefficient (Wildman–Crippen LogP) is 4.82. The molecule has 7 heteroatoms. The van der Waals surface area contributed by atoms with Gasteiger partial charge >= 0.3 is 0 Å². The third-order valence-corrected chi connectivity index (χ3v) is 6.10. The summed E-state index contributed by atoms with van der Waals surface area (Å²) < 4.78 is 6.32. The van der Waals surface area contributed by atoms with Crippen molar-refractivity contribution in [1.82, 2.24) is 10.2 Å². The Hall–Kier alpha value is -2.90. The van der Waals surface area contributed by atoms with E-state index in [4.69, 9.17) is 4.42 Å². The van der Waals surface area contributed by atoms with Crippen molar-refractivity contribution < 1.29 is 14.0 Å². The number of amides is 2. The molecule has 6 nitrogen and oxygen atoms in total. The second kappa shape index (κ2) is 10.6. The molecule has 2 amide bonds. The Bertz CT molecular complexity index is 1070. The Balaban J connectivity index is 1.37. The van der Waals surface area contributed by atoms with E-state index >= 15 is 0 Å². The molecule has 1 unspecified atom stereocenters. The van der Waals surface area contributed by atoms with Gasteiger partial charge in [-0.2, -0.15) is 0 Å². The van der Waals surface area contributed by atoms with E-state index in [2.05, 4.69) is 43.6 Å². The zero-order valence-electron chi connectivity index (χ0n) is 17.7. The summed E-state index contributed by atoms with van der Waals surface area (Å²) in [6.45, 7) is 2.78. The molecule has 0 spiro atoms. The van der Waals surface area contributed by atoms with Crippen LogP contribution in [0.5, 0.6) is 0 Å². The molecule has 1 aliphatic heterocycles. The summed E-state index contributed by atoms with van der Waals surface area (Å²) in [4.78, 5) is 28.0. The number of hydrogen-bond donors (Lipinski definition) is 2. The number of rotatable bonds is 7. The largest absolute Gasteiger partial charge is 0.467 e. The van der Waals surface area contributed by atoms with Gasteiger partial charge in [0, 0.05) is 17.6 Å². The highest BCUT2D eigenvalue weighted by molar-refractivity contribution is 9.10. The number of anilines is 1. The lowest BCUT2D eigenvalue weighted by Gasteiger charge is -2.32. The highest BCUT2D eigenvalue weighted by atomic mass is 79.9. The average Bonchev–Trinajstić information content (AvgIpc) is 3.32. The summed E-state index contributed by atoms with van der Waals surface area (Å²) in [6, 6.07) is 18.9. The van der Waals surface area contributed by atoms with Crippen LogP contribution in [0.4, 0.5) is 5.69 Å². The molecule has 0 saturated carbocycles. The first kappa shape index (κ1) is 22.3. The summed E-state index contributed by atoms with van der Waals surface area (Å²) >= 11 is 3.52. The second-order valence-electron chi connectivity index (χ2n) is 8.00. The van der Waals surface area contributed by atoms with Gasteiger partial charge in [0.2, 0.25) is 5.91 Å². The molecule has 1 atom stereocenters. The molecule has 3 aromatic rings. The van der Waals surface area contributed by atoms with Crippen LogP contribution in [0, 0.1) is 5.92 Å². The van der Waals surface area contributed by atoms with Crippen molar-refractivity contribution in [2.45, 2.75) is 25.9 Å². The second-order valence-corrected chi connectivity index (χ2v) is 8.92. The van der Waals surface area contributed by atoms with Gasteiger partial charge in [-0.05, 0) is 61.3 Å². The zero-order valence-corrected chi connectivity index (χ0v) is 19.3. The Morgan fingerprint density at radius 1 is 1.09 bits per heavy atom. The Kier molecular flexibility index (Phi) is 7.39. The third-order valence-electron chi connectivity index (χ3n) is 5.60. The molecule has 4 rings (SSSR count). The molecule has 1 saturated heterocycles. The van der Waals surface area contributed by atoms with Gasteiger partial charge < -0.3 is 15.1 Å². The van der Waals surface area contributed by atoms with Crippen molar-refractivity contribution in [2.75, 3.05) is 18.4 Å². The van der Waals surface area contributed by atoms with E-state index in [0.29, 0.717) is 30.1 Å². The average molecular weight is 496 g/mol. The quantitative estimate of drug-likeness (QED) is 0.492. The minimum Gasteiger partial charge on any atom is -0.467 e. The molecule has 1 aliphatic rings. The van der Waals surface area contributed by atoms with Crippen LogP contribution in [0.25, 0.3) is 0 Å². The minimum absolute atomic E-state index is 0.0461. The maximum Gasteiger partial charge on any atom is 0.253 e. The molecule has 1 aromatic heterocycles. The van der Waals surface area contributed by atoms with Gasteiger partial charge in [-0.3, -0.25) is 14.5 Å². The lowest BCUT2D eigenvalue weighted by atomic mass is 9.96. The van der Waals surface area contributed by atoms with Crippen LogP contribution in [0.15, 0.2) is 75.8 Å². The van der Waals surface area contributed by atoms with Gasteiger partial charge in [-0.1, -0.05) is 40.2 Å². The molecule has 0 bridgehead atoms. The fraction of sp³-hybridized carbons (Fsp3) is 0.280. The smallest absolute Gasteiger partial charge is 0.253 e. The first-order valence-electron chi connectivity index (χ1n) is 10.8. The van der Waals surface area contributed by atoms with Crippen molar-refractivity contribution >= 4 is 33.4 Å². The maximum absolute atomic E-state index is 13.0. The molecule has 0 aliphatic carbocycles. The summed E-state index contributed by atoms with van der Waals surface area (Å²) in [7, 11) is 0. The van der Waals surface area contributed by atoms with Crippen LogP contribution in [0.2, 0.25) is 0 Å². The van der Waals surface area contributed by atoms with Gasteiger partial charge in [-0.25, -0.2) is 0 Å². The number of benzene rings is 2. The van der Waals surface area contributed by atoms with Crippen molar-refractivity contribution in [3.8, 4) is 0 Å². The van der Waals surface area contributed by atoms with Gasteiger partial charge in [0.05, 0.1) is 30.0 Å². The fourth-order valence-electron chi connectivity index (χ4n) is 4.01. The molecule has 2 heterocycles. The van der Waals surface area contributed by atoms with Gasteiger partial charge in [0.25, 0.3) is 5.91 Å². The summed E-state index contributed by atoms with van der Waals surface area (Å²) in [6.07, 6.45) is 3.38. The first-order valence-corrected chi connectivity index (χ1v) is 11.5. The Morgan fingerprint density at radius 3 is 2.78 bits per heavy atom. The van der Waals surface area contributed by atoms with E-state index in [1.54, 1.807) is 36.6 Å². The number of nitrogens with one attached hydrogen (secondary N) is 2. The third kappa shape index (κ3) is 5.87. The van der Waals surface area contributed by atoms with Crippen LogP contribution in [-0.4, -0.2) is 29.8 Å². The topological polar surface area (TPSA) is 74.6 Å². The van der Waals surface area contributed by atoms with Crippen molar-refractivity contribution in [2.24, 2.45) is 5.92 Å². The number of furan rings is 1. The van der Waals surface area contributed by atoms with Crippen LogP contribution in [0.1, 0.15) is 34.5 Å². The van der Waals surface area contributed by atoms with Crippen LogP contribution in [-0.2, 0) is 17.9 Å². The number of piperidine rings is 1. The summed E-state index contributed by atoms with van der Waals surface area (Å²) in [5.74, 6) is 0.259.